The van der Waals surface area contributed by atoms with Crippen LogP contribution in [0.5, 0.6) is 11.8 Å². The van der Waals surface area contributed by atoms with Crippen LogP contribution in [0, 0.1) is 0 Å². The van der Waals surface area contributed by atoms with Crippen LogP contribution in [0.1, 0.15) is 19.3 Å². The van der Waals surface area contributed by atoms with Gasteiger partial charge < -0.3 is 14.4 Å². The molecule has 8 nitrogen and oxygen atoms in total. The van der Waals surface area contributed by atoms with Crippen molar-refractivity contribution in [1.82, 2.24) is 24.5 Å². The van der Waals surface area contributed by atoms with Crippen LogP contribution in [0.15, 0.2) is 49.4 Å². The van der Waals surface area contributed by atoms with Gasteiger partial charge in [-0.3, -0.25) is 4.79 Å². The third-order valence-corrected chi connectivity index (χ3v) is 5.04. The Labute approximate surface area is 168 Å². The summed E-state index contributed by atoms with van der Waals surface area (Å²) in [6.07, 6.45) is 9.08. The number of nitrogens with zero attached hydrogens (tertiary/aromatic N) is 5. The lowest BCUT2D eigenvalue weighted by atomic mass is 10.1. The number of ether oxygens (including phenoxy) is 2. The van der Waals surface area contributed by atoms with Gasteiger partial charge in [-0.15, -0.1) is 0 Å². The van der Waals surface area contributed by atoms with Crippen LogP contribution >= 0.6 is 0 Å². The first-order valence-corrected chi connectivity index (χ1v) is 9.60. The molecule has 1 aliphatic rings. The number of rotatable bonds is 5. The second-order valence-electron chi connectivity index (χ2n) is 6.88. The molecule has 4 heterocycles. The van der Waals surface area contributed by atoms with E-state index < -0.39 is 0 Å². The molecule has 29 heavy (non-hydrogen) atoms. The van der Waals surface area contributed by atoms with Gasteiger partial charge in [-0.05, 0) is 31.1 Å². The van der Waals surface area contributed by atoms with Gasteiger partial charge in [0.25, 0.3) is 0 Å². The maximum atomic E-state index is 11.9. The summed E-state index contributed by atoms with van der Waals surface area (Å²) in [6, 6.07) is 5.57. The summed E-state index contributed by atoms with van der Waals surface area (Å²) in [5.74, 6) is 1.02. The van der Waals surface area contributed by atoms with Gasteiger partial charge in [-0.1, -0.05) is 6.58 Å². The van der Waals surface area contributed by atoms with Crippen LogP contribution < -0.4 is 9.47 Å². The Morgan fingerprint density at radius 1 is 1.28 bits per heavy atom. The number of fused-ring (bicyclic) bond motifs is 1. The fourth-order valence-corrected chi connectivity index (χ4v) is 3.50. The minimum atomic E-state index is -0.0319. The number of aromatic nitrogens is 4. The van der Waals surface area contributed by atoms with Gasteiger partial charge in [0.15, 0.2) is 0 Å². The highest BCUT2D eigenvalue weighted by Gasteiger charge is 2.22. The normalized spacial score (nSPS) is 17.0. The highest BCUT2D eigenvalue weighted by Crippen LogP contribution is 2.27. The lowest BCUT2D eigenvalue weighted by Gasteiger charge is -2.19. The fourth-order valence-electron chi connectivity index (χ4n) is 3.50. The molecule has 3 aromatic heterocycles. The van der Waals surface area contributed by atoms with E-state index in [1.54, 1.807) is 24.0 Å². The number of methoxy groups -OCH3 is 1. The molecule has 1 fully saturated rings. The molecule has 0 aromatic carbocycles. The van der Waals surface area contributed by atoms with Crippen molar-refractivity contribution in [3.63, 3.8) is 0 Å². The van der Waals surface area contributed by atoms with Crippen LogP contribution in [0.3, 0.4) is 0 Å². The van der Waals surface area contributed by atoms with Crippen LogP contribution in [-0.4, -0.2) is 56.7 Å². The van der Waals surface area contributed by atoms with E-state index in [0.717, 1.165) is 36.9 Å². The molecule has 3 aromatic rings. The fraction of sp³-hybridized carbons (Fsp3) is 0.333. The quantitative estimate of drug-likeness (QED) is 0.620. The topological polar surface area (TPSA) is 81.9 Å². The summed E-state index contributed by atoms with van der Waals surface area (Å²) in [4.78, 5) is 22.6. The summed E-state index contributed by atoms with van der Waals surface area (Å²) in [5.41, 5.74) is 2.38. The maximum Gasteiger partial charge on any atom is 0.245 e. The van der Waals surface area contributed by atoms with Crippen molar-refractivity contribution < 1.29 is 14.3 Å². The van der Waals surface area contributed by atoms with Crippen molar-refractivity contribution in [2.24, 2.45) is 0 Å². The van der Waals surface area contributed by atoms with Gasteiger partial charge in [0.2, 0.25) is 17.7 Å². The largest absolute Gasteiger partial charge is 0.481 e. The van der Waals surface area contributed by atoms with Gasteiger partial charge in [-0.2, -0.15) is 5.10 Å². The van der Waals surface area contributed by atoms with Gasteiger partial charge in [-0.25, -0.2) is 14.5 Å². The Kier molecular flexibility index (Phi) is 5.41. The molecule has 1 aliphatic heterocycles. The Balaban J connectivity index is 1.61. The molecule has 0 N–H and O–H groups in total. The number of hydrogen-bond acceptors (Lipinski definition) is 6. The van der Waals surface area contributed by atoms with E-state index in [2.05, 4.69) is 16.7 Å². The summed E-state index contributed by atoms with van der Waals surface area (Å²) >= 11 is 0. The van der Waals surface area contributed by atoms with Crippen molar-refractivity contribution in [2.45, 2.75) is 25.4 Å². The maximum absolute atomic E-state index is 11.9. The zero-order valence-electron chi connectivity index (χ0n) is 16.3. The molecule has 0 aliphatic carbocycles. The number of carbonyl (C=O) groups is 1. The van der Waals surface area contributed by atoms with Crippen molar-refractivity contribution in [3.8, 4) is 23.0 Å². The third kappa shape index (κ3) is 4.06. The number of likely N-dealkylation sites (tertiary alicyclic amines) is 1. The smallest absolute Gasteiger partial charge is 0.245 e. The number of hydrogen-bond donors (Lipinski definition) is 0. The molecule has 4 rings (SSSR count). The van der Waals surface area contributed by atoms with Crippen molar-refractivity contribution in [3.05, 3.63) is 49.4 Å². The molecular weight excluding hydrogens is 370 g/mol. The zero-order valence-corrected chi connectivity index (χ0v) is 16.3. The predicted molar refractivity (Wildman–Crippen MR) is 108 cm³/mol. The first kappa shape index (κ1) is 18.9. The molecule has 0 radical (unpaired) electrons. The second kappa shape index (κ2) is 8.30. The van der Waals surface area contributed by atoms with E-state index in [0.29, 0.717) is 24.0 Å². The molecule has 0 saturated carbocycles. The Morgan fingerprint density at radius 3 is 3.00 bits per heavy atom. The number of pyridine rings is 1. The number of amides is 1. The molecule has 1 unspecified atom stereocenters. The molecule has 1 atom stereocenters. The van der Waals surface area contributed by atoms with E-state index in [4.69, 9.17) is 14.5 Å². The molecule has 1 saturated heterocycles. The van der Waals surface area contributed by atoms with Gasteiger partial charge >= 0.3 is 0 Å². The summed E-state index contributed by atoms with van der Waals surface area (Å²) < 4.78 is 13.3. The van der Waals surface area contributed by atoms with Crippen molar-refractivity contribution in [1.29, 1.82) is 0 Å². The SMILES string of the molecule is C=CC(=O)N1CCCC(Oc2nc(-c3ccnc(OC)c3)cn3nccc23)CC1. The second-order valence-corrected chi connectivity index (χ2v) is 6.88. The van der Waals surface area contributed by atoms with E-state index in [-0.39, 0.29) is 12.0 Å². The monoisotopic (exact) mass is 393 g/mol. The summed E-state index contributed by atoms with van der Waals surface area (Å²) in [6.45, 7) is 4.94. The van der Waals surface area contributed by atoms with Crippen LogP contribution in [0.4, 0.5) is 0 Å². The number of carbonyl (C=O) groups excluding carboxylic acids is 1. The third-order valence-electron chi connectivity index (χ3n) is 5.04. The minimum absolute atomic E-state index is 0.0222. The average Bonchev–Trinajstić information content (AvgIpc) is 3.12. The summed E-state index contributed by atoms with van der Waals surface area (Å²) in [5, 5.41) is 4.35. The standard InChI is InChI=1S/C21H23N5O3/c1-3-20(27)25-11-4-5-16(8-12-25)29-21-18-7-10-23-26(18)14-17(24-21)15-6-9-22-19(13-15)28-2/h3,6-7,9-10,13-14,16H,1,4-5,8,11-12H2,2H3. The van der Waals surface area contributed by atoms with E-state index in [1.807, 2.05) is 29.3 Å². The van der Waals surface area contributed by atoms with E-state index in [9.17, 15) is 4.79 Å². The Morgan fingerprint density at radius 2 is 2.17 bits per heavy atom. The van der Waals surface area contributed by atoms with E-state index in [1.165, 1.54) is 6.08 Å². The highest BCUT2D eigenvalue weighted by atomic mass is 16.5. The Hall–Kier alpha value is -3.42. The van der Waals surface area contributed by atoms with E-state index >= 15 is 0 Å². The van der Waals surface area contributed by atoms with Crippen LogP contribution in [0.25, 0.3) is 16.8 Å². The summed E-state index contributed by atoms with van der Waals surface area (Å²) in [7, 11) is 1.58. The molecule has 0 spiro atoms. The molecule has 150 valence electrons. The molecular formula is C21H23N5O3. The Bertz CT molecular complexity index is 1030. The molecule has 8 heteroatoms. The first-order valence-electron chi connectivity index (χ1n) is 9.60. The average molecular weight is 393 g/mol. The lowest BCUT2D eigenvalue weighted by molar-refractivity contribution is -0.126. The van der Waals surface area contributed by atoms with Crippen molar-refractivity contribution in [2.75, 3.05) is 20.2 Å². The van der Waals surface area contributed by atoms with Gasteiger partial charge in [0, 0.05) is 37.3 Å². The van der Waals surface area contributed by atoms with Crippen LogP contribution in [0.2, 0.25) is 0 Å². The lowest BCUT2D eigenvalue weighted by Crippen LogP contribution is -2.30. The van der Waals surface area contributed by atoms with Gasteiger partial charge in [0.05, 0.1) is 25.2 Å². The van der Waals surface area contributed by atoms with Crippen molar-refractivity contribution >= 4 is 11.4 Å². The highest BCUT2D eigenvalue weighted by molar-refractivity contribution is 5.87. The predicted octanol–water partition coefficient (Wildman–Crippen LogP) is 2.75. The van der Waals surface area contributed by atoms with Crippen LogP contribution in [-0.2, 0) is 4.79 Å². The minimum Gasteiger partial charge on any atom is -0.481 e. The van der Waals surface area contributed by atoms with Gasteiger partial charge in [0.1, 0.15) is 11.6 Å². The molecule has 0 bridgehead atoms. The zero-order chi connectivity index (χ0) is 20.2. The molecule has 1 amide bonds. The first-order chi connectivity index (χ1) is 14.2.